The zero-order valence-corrected chi connectivity index (χ0v) is 13.5. The maximum absolute atomic E-state index is 4.27. The summed E-state index contributed by atoms with van der Waals surface area (Å²) in [5.74, 6) is 0. The quantitative estimate of drug-likeness (QED) is 0.783. The molecule has 0 bridgehead atoms. The lowest BCUT2D eigenvalue weighted by Crippen LogP contribution is -2.00. The number of aryl methyl sites for hydroxylation is 2. The lowest BCUT2D eigenvalue weighted by atomic mass is 10.1. The van der Waals surface area contributed by atoms with Gasteiger partial charge in [-0.3, -0.25) is 0 Å². The molecule has 0 aliphatic rings. The van der Waals surface area contributed by atoms with Crippen LogP contribution in [0.5, 0.6) is 0 Å². The minimum Gasteiger partial charge on any atom is -0.380 e. The first kappa shape index (κ1) is 13.6. The molecule has 2 nitrogen and oxygen atoms in total. The Kier molecular flexibility index (Phi) is 4.40. The van der Waals surface area contributed by atoms with E-state index in [1.807, 2.05) is 13.1 Å². The summed E-state index contributed by atoms with van der Waals surface area (Å²) in [6.45, 7) is 4.93. The van der Waals surface area contributed by atoms with Crippen molar-refractivity contribution in [1.29, 1.82) is 0 Å². The zero-order chi connectivity index (χ0) is 13.1. The van der Waals surface area contributed by atoms with Gasteiger partial charge in [0.1, 0.15) is 4.60 Å². The van der Waals surface area contributed by atoms with Gasteiger partial charge in [-0.05, 0) is 58.6 Å². The minimum atomic E-state index is 0.802. The Balaban J connectivity index is 2.06. The first-order chi connectivity index (χ1) is 8.56. The Morgan fingerprint density at radius 1 is 1.11 bits per heavy atom. The Labute approximate surface area is 124 Å². The van der Waals surface area contributed by atoms with E-state index >= 15 is 0 Å². The summed E-state index contributed by atoms with van der Waals surface area (Å²) in [7, 11) is 0. The molecule has 94 valence electrons. The molecule has 0 unspecified atom stereocenters. The molecule has 1 aromatic carbocycles. The van der Waals surface area contributed by atoms with E-state index in [9.17, 15) is 0 Å². The molecule has 1 N–H and O–H groups in total. The van der Waals surface area contributed by atoms with Crippen LogP contribution in [0, 0.1) is 13.8 Å². The van der Waals surface area contributed by atoms with Gasteiger partial charge < -0.3 is 5.32 Å². The molecule has 1 aromatic heterocycles. The first-order valence-electron chi connectivity index (χ1n) is 5.67. The third-order valence-corrected chi connectivity index (χ3v) is 4.45. The van der Waals surface area contributed by atoms with Gasteiger partial charge in [0.25, 0.3) is 0 Å². The Morgan fingerprint density at radius 3 is 2.56 bits per heavy atom. The standard InChI is InChI=1S/C14H14Br2N2/c1-9-5-11(3-4-13(9)15)7-17-12-6-10(2)14(16)18-8-12/h3-6,8,17H,7H2,1-2H3. The number of rotatable bonds is 3. The van der Waals surface area contributed by atoms with Crippen LogP contribution in [0.2, 0.25) is 0 Å². The third kappa shape index (κ3) is 3.33. The number of hydrogen-bond acceptors (Lipinski definition) is 2. The van der Waals surface area contributed by atoms with E-state index < -0.39 is 0 Å². The van der Waals surface area contributed by atoms with Crippen molar-refractivity contribution in [1.82, 2.24) is 4.98 Å². The highest BCUT2D eigenvalue weighted by molar-refractivity contribution is 9.10. The van der Waals surface area contributed by atoms with Gasteiger partial charge in [-0.1, -0.05) is 28.1 Å². The molecule has 0 radical (unpaired) electrons. The van der Waals surface area contributed by atoms with Crippen LogP contribution in [0.4, 0.5) is 5.69 Å². The molecule has 0 aliphatic carbocycles. The Hall–Kier alpha value is -0.870. The van der Waals surface area contributed by atoms with Crippen molar-refractivity contribution >= 4 is 37.5 Å². The normalized spacial score (nSPS) is 10.4. The summed E-state index contributed by atoms with van der Waals surface area (Å²) >= 11 is 6.91. The van der Waals surface area contributed by atoms with Crippen molar-refractivity contribution in [3.8, 4) is 0 Å². The third-order valence-electron chi connectivity index (χ3n) is 2.73. The van der Waals surface area contributed by atoms with Gasteiger partial charge in [-0.2, -0.15) is 0 Å². The summed E-state index contributed by atoms with van der Waals surface area (Å²) < 4.78 is 2.04. The summed E-state index contributed by atoms with van der Waals surface area (Å²) in [6, 6.07) is 8.46. The predicted molar refractivity (Wildman–Crippen MR) is 82.9 cm³/mol. The van der Waals surface area contributed by atoms with Crippen LogP contribution in [-0.2, 0) is 6.54 Å². The van der Waals surface area contributed by atoms with Gasteiger partial charge in [0.2, 0.25) is 0 Å². The van der Waals surface area contributed by atoms with E-state index in [1.165, 1.54) is 11.1 Å². The highest BCUT2D eigenvalue weighted by Gasteiger charge is 2.00. The van der Waals surface area contributed by atoms with Gasteiger partial charge in [0, 0.05) is 11.0 Å². The lowest BCUT2D eigenvalue weighted by molar-refractivity contribution is 1.11. The van der Waals surface area contributed by atoms with Crippen LogP contribution in [0.3, 0.4) is 0 Å². The second-order valence-electron chi connectivity index (χ2n) is 4.27. The van der Waals surface area contributed by atoms with E-state index in [4.69, 9.17) is 0 Å². The summed E-state index contributed by atoms with van der Waals surface area (Å²) in [4.78, 5) is 4.27. The van der Waals surface area contributed by atoms with Crippen LogP contribution in [0.25, 0.3) is 0 Å². The van der Waals surface area contributed by atoms with Crippen molar-refractivity contribution in [2.75, 3.05) is 5.32 Å². The fraction of sp³-hybridized carbons (Fsp3) is 0.214. The number of benzene rings is 1. The summed E-state index contributed by atoms with van der Waals surface area (Å²) in [6.07, 6.45) is 1.84. The van der Waals surface area contributed by atoms with Crippen molar-refractivity contribution in [2.24, 2.45) is 0 Å². The Bertz CT molecular complexity index is 516. The largest absolute Gasteiger partial charge is 0.380 e. The molecule has 0 saturated heterocycles. The highest BCUT2D eigenvalue weighted by Crippen LogP contribution is 2.19. The molecule has 4 heteroatoms. The lowest BCUT2D eigenvalue weighted by Gasteiger charge is -2.09. The SMILES string of the molecule is Cc1cc(CNc2cnc(Br)c(C)c2)ccc1Br. The maximum atomic E-state index is 4.27. The van der Waals surface area contributed by atoms with Crippen molar-refractivity contribution in [3.05, 3.63) is 56.2 Å². The minimum absolute atomic E-state index is 0.802. The zero-order valence-electron chi connectivity index (χ0n) is 10.3. The molecular weight excluding hydrogens is 356 g/mol. The number of anilines is 1. The molecular formula is C14H14Br2N2. The van der Waals surface area contributed by atoms with Gasteiger partial charge >= 0.3 is 0 Å². The average molecular weight is 370 g/mol. The van der Waals surface area contributed by atoms with E-state index in [1.54, 1.807) is 0 Å². The highest BCUT2D eigenvalue weighted by atomic mass is 79.9. The van der Waals surface area contributed by atoms with Crippen molar-refractivity contribution in [2.45, 2.75) is 20.4 Å². The molecule has 2 aromatic rings. The topological polar surface area (TPSA) is 24.9 Å². The molecule has 0 fully saturated rings. The van der Waals surface area contributed by atoms with E-state index in [-0.39, 0.29) is 0 Å². The smallest absolute Gasteiger partial charge is 0.109 e. The Morgan fingerprint density at radius 2 is 1.89 bits per heavy atom. The van der Waals surface area contributed by atoms with Crippen molar-refractivity contribution in [3.63, 3.8) is 0 Å². The van der Waals surface area contributed by atoms with E-state index in [0.29, 0.717) is 0 Å². The van der Waals surface area contributed by atoms with Crippen molar-refractivity contribution < 1.29 is 0 Å². The second kappa shape index (κ2) is 5.85. The number of halogens is 2. The number of aromatic nitrogens is 1. The van der Waals surface area contributed by atoms with Crippen LogP contribution in [0.15, 0.2) is 39.5 Å². The van der Waals surface area contributed by atoms with E-state index in [2.05, 4.69) is 73.3 Å². The van der Waals surface area contributed by atoms with Crippen LogP contribution >= 0.6 is 31.9 Å². The molecule has 0 saturated carbocycles. The molecule has 0 aliphatic heterocycles. The molecule has 18 heavy (non-hydrogen) atoms. The molecule has 0 amide bonds. The van der Waals surface area contributed by atoms with E-state index in [0.717, 1.165) is 26.9 Å². The average Bonchev–Trinajstić information content (AvgIpc) is 2.35. The number of nitrogens with zero attached hydrogens (tertiary/aromatic N) is 1. The van der Waals surface area contributed by atoms with Gasteiger partial charge in [-0.25, -0.2) is 4.98 Å². The summed E-state index contributed by atoms with van der Waals surface area (Å²) in [5, 5.41) is 3.38. The summed E-state index contributed by atoms with van der Waals surface area (Å²) in [5.41, 5.74) is 4.68. The fourth-order valence-corrected chi connectivity index (χ4v) is 2.14. The van der Waals surface area contributed by atoms with Gasteiger partial charge in [0.05, 0.1) is 11.9 Å². The second-order valence-corrected chi connectivity index (χ2v) is 5.87. The molecule has 2 rings (SSSR count). The molecule has 0 atom stereocenters. The van der Waals surface area contributed by atoms with Crippen LogP contribution in [0.1, 0.15) is 16.7 Å². The number of hydrogen-bond donors (Lipinski definition) is 1. The fourth-order valence-electron chi connectivity index (χ4n) is 1.68. The predicted octanol–water partition coefficient (Wildman–Crippen LogP) is 4.84. The number of pyridine rings is 1. The molecule has 0 spiro atoms. The van der Waals surface area contributed by atoms with Crippen LogP contribution in [-0.4, -0.2) is 4.98 Å². The monoisotopic (exact) mass is 368 g/mol. The van der Waals surface area contributed by atoms with Crippen LogP contribution < -0.4 is 5.32 Å². The van der Waals surface area contributed by atoms with Gasteiger partial charge in [-0.15, -0.1) is 0 Å². The molecule has 1 heterocycles. The first-order valence-corrected chi connectivity index (χ1v) is 7.26. The van der Waals surface area contributed by atoms with Gasteiger partial charge in [0.15, 0.2) is 0 Å². The maximum Gasteiger partial charge on any atom is 0.109 e. The number of nitrogens with one attached hydrogen (secondary N) is 1.